The zero-order valence-electron chi connectivity index (χ0n) is 11.7. The molecule has 0 radical (unpaired) electrons. The third-order valence-corrected chi connectivity index (χ3v) is 4.48. The molecule has 1 amide bonds. The predicted molar refractivity (Wildman–Crippen MR) is 91.0 cm³/mol. The molecular weight excluding hydrogens is 382 g/mol. The van der Waals surface area contributed by atoms with Crippen LogP contribution in [-0.4, -0.2) is 16.8 Å². The summed E-state index contributed by atoms with van der Waals surface area (Å²) in [4.78, 5) is 24.0. The Hall–Kier alpha value is -2.11. The summed E-state index contributed by atoms with van der Waals surface area (Å²) < 4.78 is 0.841. The van der Waals surface area contributed by atoms with E-state index in [1.54, 1.807) is 48.5 Å². The molecule has 2 N–H and O–H groups in total. The van der Waals surface area contributed by atoms with Gasteiger partial charge in [-0.25, -0.2) is 0 Å². The summed E-state index contributed by atoms with van der Waals surface area (Å²) in [6.45, 7) is 0. The molecule has 4 nitrogen and oxygen atoms in total. The van der Waals surface area contributed by atoms with Gasteiger partial charge >= 0.3 is 0 Å². The van der Waals surface area contributed by atoms with E-state index < -0.39 is 17.7 Å². The topological polar surface area (TPSA) is 66.4 Å². The first-order valence-corrected chi connectivity index (χ1v) is 7.95. The Kier molecular flexibility index (Phi) is 4.24. The van der Waals surface area contributed by atoms with E-state index >= 15 is 0 Å². The van der Waals surface area contributed by atoms with Crippen molar-refractivity contribution in [2.75, 3.05) is 0 Å². The van der Waals surface area contributed by atoms with Gasteiger partial charge in [0, 0.05) is 15.1 Å². The Morgan fingerprint density at radius 3 is 2.39 bits per heavy atom. The number of halogens is 2. The lowest BCUT2D eigenvalue weighted by Crippen LogP contribution is -2.21. The molecule has 1 heterocycles. The molecule has 6 heteroatoms. The first kappa shape index (κ1) is 15.8. The van der Waals surface area contributed by atoms with Crippen molar-refractivity contribution in [3.63, 3.8) is 0 Å². The van der Waals surface area contributed by atoms with Crippen LogP contribution in [0.25, 0.3) is 5.76 Å². The number of amides is 1. The summed E-state index contributed by atoms with van der Waals surface area (Å²) in [7, 11) is 0. The highest BCUT2D eigenvalue weighted by molar-refractivity contribution is 9.10. The van der Waals surface area contributed by atoms with E-state index in [9.17, 15) is 14.7 Å². The van der Waals surface area contributed by atoms with E-state index in [4.69, 9.17) is 11.6 Å². The summed E-state index contributed by atoms with van der Waals surface area (Å²) in [6, 6.07) is 12.9. The number of aliphatic hydroxyl groups excluding tert-OH is 1. The molecule has 116 valence electrons. The quantitative estimate of drug-likeness (QED) is 0.464. The number of ketones is 1. The lowest BCUT2D eigenvalue weighted by molar-refractivity contribution is -0.133. The lowest BCUT2D eigenvalue weighted by Gasteiger charge is -2.15. The molecule has 0 aromatic heterocycles. The standard InChI is InChI=1S/C17H11BrClNO3/c18-10-7-5-9(6-8-10)15(21)13-14(20-17(23)16(13)22)11-3-1-2-4-12(11)19/h1-8,14,21H,(H,20,23)/t14-/m0/s1. The maximum atomic E-state index is 12.2. The van der Waals surface area contributed by atoms with Crippen LogP contribution in [0.3, 0.4) is 0 Å². The summed E-state index contributed by atoms with van der Waals surface area (Å²) in [6.07, 6.45) is 0. The van der Waals surface area contributed by atoms with Gasteiger partial charge in [-0.1, -0.05) is 57.9 Å². The summed E-state index contributed by atoms with van der Waals surface area (Å²) in [5.41, 5.74) is 1.02. The van der Waals surface area contributed by atoms with Crippen LogP contribution in [0.5, 0.6) is 0 Å². The highest BCUT2D eigenvalue weighted by Crippen LogP contribution is 2.35. The number of hydrogen-bond acceptors (Lipinski definition) is 3. The Morgan fingerprint density at radius 2 is 1.74 bits per heavy atom. The van der Waals surface area contributed by atoms with Crippen molar-refractivity contribution >= 4 is 45.0 Å². The molecular formula is C17H11BrClNO3. The largest absolute Gasteiger partial charge is 0.507 e. The van der Waals surface area contributed by atoms with Crippen molar-refractivity contribution in [2.45, 2.75) is 6.04 Å². The van der Waals surface area contributed by atoms with Crippen LogP contribution in [-0.2, 0) is 9.59 Å². The van der Waals surface area contributed by atoms with E-state index in [1.807, 2.05) is 0 Å². The van der Waals surface area contributed by atoms with E-state index in [0.29, 0.717) is 16.1 Å². The molecule has 0 unspecified atom stereocenters. The van der Waals surface area contributed by atoms with Crippen molar-refractivity contribution < 1.29 is 14.7 Å². The van der Waals surface area contributed by atoms with Gasteiger partial charge in [0.1, 0.15) is 5.76 Å². The van der Waals surface area contributed by atoms with Crippen LogP contribution in [0.15, 0.2) is 58.6 Å². The minimum absolute atomic E-state index is 0.00502. The minimum Gasteiger partial charge on any atom is -0.507 e. The lowest BCUT2D eigenvalue weighted by atomic mass is 9.96. The first-order chi connectivity index (χ1) is 11.0. The van der Waals surface area contributed by atoms with E-state index in [0.717, 1.165) is 4.47 Å². The van der Waals surface area contributed by atoms with Gasteiger partial charge in [-0.2, -0.15) is 0 Å². The van der Waals surface area contributed by atoms with E-state index in [2.05, 4.69) is 21.2 Å². The van der Waals surface area contributed by atoms with Gasteiger partial charge in [0.2, 0.25) is 0 Å². The van der Waals surface area contributed by atoms with Gasteiger partial charge in [0.25, 0.3) is 11.7 Å². The molecule has 1 fully saturated rings. The van der Waals surface area contributed by atoms with Gasteiger partial charge in [0.05, 0.1) is 11.6 Å². The molecule has 1 atom stereocenters. The molecule has 0 bridgehead atoms. The Bertz CT molecular complexity index is 830. The summed E-state index contributed by atoms with van der Waals surface area (Å²) in [5.74, 6) is -1.74. The number of rotatable bonds is 2. The minimum atomic E-state index is -0.771. The zero-order chi connectivity index (χ0) is 16.6. The van der Waals surface area contributed by atoms with Crippen LogP contribution < -0.4 is 5.32 Å². The number of Topliss-reactive ketones (excluding diaryl/α,β-unsaturated/α-hetero) is 1. The van der Waals surface area contributed by atoms with Crippen molar-refractivity contribution in [2.24, 2.45) is 0 Å². The fourth-order valence-electron chi connectivity index (χ4n) is 2.47. The molecule has 0 saturated carbocycles. The molecule has 1 aliphatic heterocycles. The highest BCUT2D eigenvalue weighted by Gasteiger charge is 2.40. The number of hydrogen-bond donors (Lipinski definition) is 2. The number of aliphatic hydroxyl groups is 1. The van der Waals surface area contributed by atoms with Crippen LogP contribution in [0.1, 0.15) is 17.2 Å². The van der Waals surface area contributed by atoms with Crippen LogP contribution >= 0.6 is 27.5 Å². The molecule has 3 rings (SSSR count). The van der Waals surface area contributed by atoms with Gasteiger partial charge in [-0.3, -0.25) is 9.59 Å². The van der Waals surface area contributed by atoms with Crippen LogP contribution in [0.2, 0.25) is 5.02 Å². The fraction of sp³-hybridized carbons (Fsp3) is 0.0588. The SMILES string of the molecule is O=C1N[C@@H](c2ccccc2Cl)C(=C(O)c2ccc(Br)cc2)C1=O. The highest BCUT2D eigenvalue weighted by atomic mass is 79.9. The molecule has 2 aromatic carbocycles. The second kappa shape index (κ2) is 6.18. The first-order valence-electron chi connectivity index (χ1n) is 6.77. The molecule has 0 aliphatic carbocycles. The summed E-state index contributed by atoms with van der Waals surface area (Å²) >= 11 is 9.47. The maximum absolute atomic E-state index is 12.2. The predicted octanol–water partition coefficient (Wildman–Crippen LogP) is 3.81. The second-order valence-corrected chi connectivity index (χ2v) is 6.35. The normalized spacial score (nSPS) is 19.7. The maximum Gasteiger partial charge on any atom is 0.293 e. The number of benzene rings is 2. The molecule has 23 heavy (non-hydrogen) atoms. The Balaban J connectivity index is 2.15. The molecule has 0 spiro atoms. The third-order valence-electron chi connectivity index (χ3n) is 3.60. The van der Waals surface area contributed by atoms with Crippen molar-refractivity contribution in [3.8, 4) is 0 Å². The van der Waals surface area contributed by atoms with Crippen LogP contribution in [0, 0.1) is 0 Å². The smallest absolute Gasteiger partial charge is 0.293 e. The van der Waals surface area contributed by atoms with Crippen molar-refractivity contribution in [3.05, 3.63) is 74.7 Å². The van der Waals surface area contributed by atoms with Gasteiger partial charge in [-0.15, -0.1) is 0 Å². The zero-order valence-corrected chi connectivity index (χ0v) is 14.1. The summed E-state index contributed by atoms with van der Waals surface area (Å²) in [5, 5.41) is 13.5. The number of nitrogens with one attached hydrogen (secondary N) is 1. The molecule has 2 aromatic rings. The molecule has 1 aliphatic rings. The Labute approximate surface area is 145 Å². The third kappa shape index (κ3) is 2.90. The van der Waals surface area contributed by atoms with Crippen LogP contribution in [0.4, 0.5) is 0 Å². The molecule has 1 saturated heterocycles. The Morgan fingerprint density at radius 1 is 1.09 bits per heavy atom. The monoisotopic (exact) mass is 391 g/mol. The van der Waals surface area contributed by atoms with E-state index in [-0.39, 0.29) is 11.3 Å². The second-order valence-electron chi connectivity index (χ2n) is 5.03. The van der Waals surface area contributed by atoms with Crippen molar-refractivity contribution in [1.82, 2.24) is 5.32 Å². The fourth-order valence-corrected chi connectivity index (χ4v) is 2.98. The van der Waals surface area contributed by atoms with Gasteiger partial charge in [-0.05, 0) is 23.8 Å². The van der Waals surface area contributed by atoms with Gasteiger partial charge in [0.15, 0.2) is 0 Å². The average molecular weight is 393 g/mol. The van der Waals surface area contributed by atoms with Gasteiger partial charge < -0.3 is 10.4 Å². The number of carbonyl (C=O) groups is 2. The van der Waals surface area contributed by atoms with Crippen molar-refractivity contribution in [1.29, 1.82) is 0 Å². The average Bonchev–Trinajstić information content (AvgIpc) is 2.83. The van der Waals surface area contributed by atoms with E-state index in [1.165, 1.54) is 0 Å². The number of carbonyl (C=O) groups excluding carboxylic acids is 2.